The Labute approximate surface area is 181 Å². The molecule has 30 heavy (non-hydrogen) atoms. The third kappa shape index (κ3) is 4.05. The van der Waals surface area contributed by atoms with E-state index >= 15 is 0 Å². The number of fused-ring (bicyclic) bond motifs is 1. The van der Waals surface area contributed by atoms with Gasteiger partial charge < -0.3 is 9.47 Å². The standard InChI is InChI=1S/C17H19Cl2N7O4/c1-10-13(26(27)28)16(25(22-10)12-5-2-3-7-29-12)30-8-4-6-24-15-11(14(18)23-24)9-20-17(19)21-15/h9,12H,2-8H2,1H3. The highest BCUT2D eigenvalue weighted by Crippen LogP contribution is 2.36. The quantitative estimate of drug-likeness (QED) is 0.228. The van der Waals surface area contributed by atoms with E-state index in [9.17, 15) is 10.1 Å². The number of hydrogen-bond donors (Lipinski definition) is 0. The zero-order valence-corrected chi connectivity index (χ0v) is 17.6. The van der Waals surface area contributed by atoms with Gasteiger partial charge in [0.2, 0.25) is 5.28 Å². The van der Waals surface area contributed by atoms with Crippen LogP contribution in [0.1, 0.15) is 37.6 Å². The van der Waals surface area contributed by atoms with Crippen molar-refractivity contribution in [3.8, 4) is 5.88 Å². The van der Waals surface area contributed by atoms with Gasteiger partial charge in [-0.1, -0.05) is 11.6 Å². The van der Waals surface area contributed by atoms with E-state index in [2.05, 4.69) is 20.2 Å². The molecule has 0 aliphatic carbocycles. The minimum Gasteiger partial charge on any atom is -0.473 e. The maximum Gasteiger partial charge on any atom is 0.353 e. The molecule has 1 unspecified atom stereocenters. The molecular weight excluding hydrogens is 437 g/mol. The molecule has 1 aliphatic rings. The fraction of sp³-hybridized carbons (Fsp3) is 0.529. The van der Waals surface area contributed by atoms with Crippen LogP contribution >= 0.6 is 23.2 Å². The molecule has 11 nitrogen and oxygen atoms in total. The van der Waals surface area contributed by atoms with Crippen molar-refractivity contribution in [2.75, 3.05) is 13.2 Å². The average molecular weight is 456 g/mol. The minimum absolute atomic E-state index is 0.0963. The first-order valence-electron chi connectivity index (χ1n) is 9.48. The second-order valence-corrected chi connectivity index (χ2v) is 7.55. The molecule has 1 fully saturated rings. The second kappa shape index (κ2) is 8.70. The monoisotopic (exact) mass is 455 g/mol. The summed E-state index contributed by atoms with van der Waals surface area (Å²) in [6.07, 6.45) is 4.31. The SMILES string of the molecule is Cc1nn(C2CCCCO2)c(OCCCn2nc(Cl)c3cnc(Cl)nc32)c1[N+](=O)[O-]. The van der Waals surface area contributed by atoms with Crippen LogP contribution in [-0.2, 0) is 11.3 Å². The summed E-state index contributed by atoms with van der Waals surface area (Å²) in [5.74, 6) is 0.109. The lowest BCUT2D eigenvalue weighted by Crippen LogP contribution is -2.20. The van der Waals surface area contributed by atoms with Gasteiger partial charge in [-0.15, -0.1) is 0 Å². The zero-order chi connectivity index (χ0) is 21.3. The van der Waals surface area contributed by atoms with Crippen LogP contribution < -0.4 is 4.74 Å². The van der Waals surface area contributed by atoms with Gasteiger partial charge in [0.15, 0.2) is 17.0 Å². The van der Waals surface area contributed by atoms with Gasteiger partial charge in [-0.05, 0) is 37.8 Å². The van der Waals surface area contributed by atoms with Crippen molar-refractivity contribution in [2.24, 2.45) is 0 Å². The van der Waals surface area contributed by atoms with E-state index in [1.807, 2.05) is 0 Å². The van der Waals surface area contributed by atoms with Gasteiger partial charge in [-0.2, -0.15) is 19.9 Å². The average Bonchev–Trinajstić information content (AvgIpc) is 3.22. The molecule has 1 aliphatic heterocycles. The van der Waals surface area contributed by atoms with E-state index in [4.69, 9.17) is 32.7 Å². The van der Waals surface area contributed by atoms with Gasteiger partial charge in [0.25, 0.3) is 5.88 Å². The molecule has 0 N–H and O–H groups in total. The van der Waals surface area contributed by atoms with Crippen LogP contribution in [0.2, 0.25) is 10.4 Å². The van der Waals surface area contributed by atoms with Crippen LogP contribution in [0.25, 0.3) is 11.0 Å². The van der Waals surface area contributed by atoms with E-state index in [0.29, 0.717) is 36.3 Å². The van der Waals surface area contributed by atoms with Crippen molar-refractivity contribution in [2.45, 2.75) is 45.4 Å². The number of rotatable bonds is 7. The number of ether oxygens (including phenoxy) is 2. The van der Waals surface area contributed by atoms with Crippen LogP contribution in [0.3, 0.4) is 0 Å². The van der Waals surface area contributed by atoms with Gasteiger partial charge in [0.05, 0.1) is 16.9 Å². The van der Waals surface area contributed by atoms with Gasteiger partial charge in [-0.3, -0.25) is 10.1 Å². The summed E-state index contributed by atoms with van der Waals surface area (Å²) in [4.78, 5) is 19.1. The summed E-state index contributed by atoms with van der Waals surface area (Å²) >= 11 is 12.0. The number of halogens is 2. The number of hydrogen-bond acceptors (Lipinski definition) is 8. The fourth-order valence-corrected chi connectivity index (χ4v) is 3.77. The van der Waals surface area contributed by atoms with Gasteiger partial charge >= 0.3 is 5.69 Å². The lowest BCUT2D eigenvalue weighted by Gasteiger charge is -2.23. The van der Waals surface area contributed by atoms with E-state index in [0.717, 1.165) is 19.3 Å². The third-order valence-electron chi connectivity index (χ3n) is 4.79. The molecule has 4 rings (SSSR count). The summed E-state index contributed by atoms with van der Waals surface area (Å²) in [6, 6.07) is 0. The first-order chi connectivity index (χ1) is 14.5. The summed E-state index contributed by atoms with van der Waals surface area (Å²) in [7, 11) is 0. The van der Waals surface area contributed by atoms with Crippen molar-refractivity contribution < 1.29 is 14.4 Å². The molecule has 0 amide bonds. The van der Waals surface area contributed by atoms with Gasteiger partial charge in [0, 0.05) is 25.8 Å². The molecule has 4 heterocycles. The highest BCUT2D eigenvalue weighted by atomic mass is 35.5. The van der Waals surface area contributed by atoms with Crippen molar-refractivity contribution in [3.05, 3.63) is 32.4 Å². The molecule has 0 spiro atoms. The van der Waals surface area contributed by atoms with Crippen molar-refractivity contribution in [3.63, 3.8) is 0 Å². The van der Waals surface area contributed by atoms with Crippen molar-refractivity contribution in [1.29, 1.82) is 0 Å². The predicted molar refractivity (Wildman–Crippen MR) is 108 cm³/mol. The van der Waals surface area contributed by atoms with Crippen molar-refractivity contribution in [1.82, 2.24) is 29.5 Å². The van der Waals surface area contributed by atoms with Crippen LogP contribution in [0.5, 0.6) is 5.88 Å². The highest BCUT2D eigenvalue weighted by Gasteiger charge is 2.31. The molecular formula is C17H19Cl2N7O4. The van der Waals surface area contributed by atoms with Crippen LogP contribution in [-0.4, -0.2) is 47.7 Å². The van der Waals surface area contributed by atoms with Gasteiger partial charge in [-0.25, -0.2) is 9.67 Å². The van der Waals surface area contributed by atoms with E-state index < -0.39 is 4.92 Å². The summed E-state index contributed by atoms with van der Waals surface area (Å²) < 4.78 is 14.6. The van der Waals surface area contributed by atoms with Crippen LogP contribution in [0, 0.1) is 17.0 Å². The number of nitrogens with zero attached hydrogens (tertiary/aromatic N) is 7. The van der Waals surface area contributed by atoms with Crippen molar-refractivity contribution >= 4 is 39.9 Å². The highest BCUT2D eigenvalue weighted by molar-refractivity contribution is 6.34. The first kappa shape index (κ1) is 20.8. The summed E-state index contributed by atoms with van der Waals surface area (Å²) in [5, 5.41) is 21.1. The minimum atomic E-state index is -0.476. The maximum atomic E-state index is 11.5. The Balaban J connectivity index is 1.49. The lowest BCUT2D eigenvalue weighted by molar-refractivity contribution is -0.386. The normalized spacial score (nSPS) is 16.8. The van der Waals surface area contributed by atoms with E-state index in [1.165, 1.54) is 10.9 Å². The Morgan fingerprint density at radius 1 is 1.37 bits per heavy atom. The molecule has 0 bridgehead atoms. The summed E-state index contributed by atoms with van der Waals surface area (Å²) in [5.41, 5.74) is 0.666. The van der Waals surface area contributed by atoms with Crippen LogP contribution in [0.4, 0.5) is 5.69 Å². The number of aromatic nitrogens is 6. The Kier molecular flexibility index (Phi) is 6.02. The lowest BCUT2D eigenvalue weighted by atomic mass is 10.2. The van der Waals surface area contributed by atoms with Gasteiger partial charge in [0.1, 0.15) is 5.69 Å². The molecule has 1 atom stereocenters. The fourth-order valence-electron chi connectivity index (χ4n) is 3.41. The smallest absolute Gasteiger partial charge is 0.353 e. The second-order valence-electron chi connectivity index (χ2n) is 6.85. The molecule has 0 radical (unpaired) electrons. The van der Waals surface area contributed by atoms with E-state index in [-0.39, 0.29) is 34.8 Å². The molecule has 0 saturated carbocycles. The van der Waals surface area contributed by atoms with Crippen LogP contribution in [0.15, 0.2) is 6.20 Å². The molecule has 3 aromatic heterocycles. The zero-order valence-electron chi connectivity index (χ0n) is 16.1. The molecule has 160 valence electrons. The number of nitro groups is 1. The Morgan fingerprint density at radius 2 is 2.20 bits per heavy atom. The summed E-state index contributed by atoms with van der Waals surface area (Å²) in [6.45, 7) is 2.81. The Bertz CT molecular complexity index is 1080. The Morgan fingerprint density at radius 3 is 2.93 bits per heavy atom. The largest absolute Gasteiger partial charge is 0.473 e. The maximum absolute atomic E-state index is 11.5. The molecule has 3 aromatic rings. The molecule has 13 heteroatoms. The first-order valence-corrected chi connectivity index (χ1v) is 10.2. The van der Waals surface area contributed by atoms with E-state index in [1.54, 1.807) is 11.6 Å². The molecule has 1 saturated heterocycles. The third-order valence-corrected chi connectivity index (χ3v) is 5.25. The number of aryl methyl sites for hydroxylation is 2. The predicted octanol–water partition coefficient (Wildman–Crippen LogP) is 3.71. The Hall–Kier alpha value is -2.50. The molecule has 0 aromatic carbocycles. The topological polar surface area (TPSA) is 123 Å².